The molecule has 1 heteroatoms. The predicted molar refractivity (Wildman–Crippen MR) is 40.2 cm³/mol. The maximum absolute atomic E-state index is 4.99. The molecule has 0 N–H and O–H groups in total. The first-order valence-electron chi connectivity index (χ1n) is 3.06. The van der Waals surface area contributed by atoms with Crippen molar-refractivity contribution >= 4 is 0 Å². The van der Waals surface area contributed by atoms with Gasteiger partial charge in [0, 0.05) is 0 Å². The van der Waals surface area contributed by atoms with Crippen molar-refractivity contribution in [3.63, 3.8) is 0 Å². The topological polar surface area (TPSA) is 9.23 Å². The third-order valence-corrected chi connectivity index (χ3v) is 1.28. The summed E-state index contributed by atoms with van der Waals surface area (Å²) < 4.78 is 4.99. The van der Waals surface area contributed by atoms with Crippen molar-refractivity contribution in [3.05, 3.63) is 23.5 Å². The summed E-state index contributed by atoms with van der Waals surface area (Å²) in [6, 6.07) is 0. The van der Waals surface area contributed by atoms with E-state index in [1.807, 2.05) is 32.9 Å². The second kappa shape index (κ2) is 4.19. The van der Waals surface area contributed by atoms with Crippen LogP contribution in [-0.4, -0.2) is 7.11 Å². The van der Waals surface area contributed by atoms with Gasteiger partial charge in [0.2, 0.25) is 0 Å². The lowest BCUT2D eigenvalue weighted by Gasteiger charge is -1.99. The van der Waals surface area contributed by atoms with E-state index in [1.165, 1.54) is 5.57 Å². The number of allylic oxidation sites excluding steroid dienone is 4. The van der Waals surface area contributed by atoms with Crippen LogP contribution in [0.1, 0.15) is 20.8 Å². The SMILES string of the molecule is CC=CC(C)=C(C)OC. The fourth-order valence-electron chi connectivity index (χ4n) is 0.528. The van der Waals surface area contributed by atoms with Gasteiger partial charge in [-0.3, -0.25) is 0 Å². The maximum Gasteiger partial charge on any atom is 0.0953 e. The lowest BCUT2D eigenvalue weighted by molar-refractivity contribution is 0.290. The van der Waals surface area contributed by atoms with E-state index in [1.54, 1.807) is 7.11 Å². The Balaban J connectivity index is 4.10. The molecule has 0 bridgehead atoms. The van der Waals surface area contributed by atoms with Gasteiger partial charge < -0.3 is 4.74 Å². The van der Waals surface area contributed by atoms with Gasteiger partial charge in [-0.25, -0.2) is 0 Å². The van der Waals surface area contributed by atoms with Crippen molar-refractivity contribution < 1.29 is 4.74 Å². The second-order valence-electron chi connectivity index (χ2n) is 1.94. The van der Waals surface area contributed by atoms with E-state index in [0.29, 0.717) is 0 Å². The molecule has 0 aromatic carbocycles. The monoisotopic (exact) mass is 126 g/mol. The molecule has 52 valence electrons. The third-order valence-electron chi connectivity index (χ3n) is 1.28. The highest BCUT2D eigenvalue weighted by Gasteiger charge is 1.87. The molecule has 0 unspecified atom stereocenters. The summed E-state index contributed by atoms with van der Waals surface area (Å²) in [5.41, 5.74) is 1.18. The van der Waals surface area contributed by atoms with Gasteiger partial charge in [0.05, 0.1) is 12.9 Å². The molecule has 0 saturated carbocycles. The van der Waals surface area contributed by atoms with Crippen LogP contribution in [0.3, 0.4) is 0 Å². The number of hydrogen-bond acceptors (Lipinski definition) is 1. The highest BCUT2D eigenvalue weighted by Crippen LogP contribution is 2.03. The quantitative estimate of drug-likeness (QED) is 0.408. The van der Waals surface area contributed by atoms with Crippen LogP contribution in [0.4, 0.5) is 0 Å². The van der Waals surface area contributed by atoms with Crippen LogP contribution < -0.4 is 0 Å². The Labute approximate surface area is 57.0 Å². The molecule has 0 amide bonds. The zero-order chi connectivity index (χ0) is 7.28. The van der Waals surface area contributed by atoms with Crippen molar-refractivity contribution in [2.45, 2.75) is 20.8 Å². The zero-order valence-corrected chi connectivity index (χ0v) is 6.56. The van der Waals surface area contributed by atoms with Crippen LogP contribution in [0, 0.1) is 0 Å². The van der Waals surface area contributed by atoms with Crippen LogP contribution in [0.25, 0.3) is 0 Å². The molecule has 9 heavy (non-hydrogen) atoms. The van der Waals surface area contributed by atoms with Gasteiger partial charge >= 0.3 is 0 Å². The van der Waals surface area contributed by atoms with Crippen molar-refractivity contribution in [1.29, 1.82) is 0 Å². The molecule has 0 heterocycles. The van der Waals surface area contributed by atoms with Crippen molar-refractivity contribution in [3.8, 4) is 0 Å². The van der Waals surface area contributed by atoms with Crippen LogP contribution >= 0.6 is 0 Å². The number of hydrogen-bond donors (Lipinski definition) is 0. The number of methoxy groups -OCH3 is 1. The van der Waals surface area contributed by atoms with Crippen molar-refractivity contribution in [1.82, 2.24) is 0 Å². The number of ether oxygens (including phenoxy) is 1. The Hall–Kier alpha value is -0.720. The van der Waals surface area contributed by atoms with Gasteiger partial charge in [-0.2, -0.15) is 0 Å². The molecule has 0 aromatic rings. The molecule has 0 rings (SSSR count). The average Bonchev–Trinajstić information content (AvgIpc) is 1.87. The van der Waals surface area contributed by atoms with E-state index in [2.05, 4.69) is 0 Å². The first-order valence-corrected chi connectivity index (χ1v) is 3.06. The summed E-state index contributed by atoms with van der Waals surface area (Å²) in [4.78, 5) is 0. The summed E-state index contributed by atoms with van der Waals surface area (Å²) in [7, 11) is 1.68. The molecule has 0 aliphatic carbocycles. The van der Waals surface area contributed by atoms with E-state index in [0.717, 1.165) is 5.76 Å². The first-order chi connectivity index (χ1) is 4.22. The van der Waals surface area contributed by atoms with Gasteiger partial charge in [-0.15, -0.1) is 0 Å². The third kappa shape index (κ3) is 2.96. The molecule has 0 aliphatic rings. The van der Waals surface area contributed by atoms with Gasteiger partial charge in [0.15, 0.2) is 0 Å². The smallest absolute Gasteiger partial charge is 0.0953 e. The number of rotatable bonds is 2. The molecule has 0 aliphatic heterocycles. The lowest BCUT2D eigenvalue weighted by atomic mass is 10.2. The summed E-state index contributed by atoms with van der Waals surface area (Å²) in [6.45, 7) is 5.97. The average molecular weight is 126 g/mol. The van der Waals surface area contributed by atoms with Gasteiger partial charge in [0.25, 0.3) is 0 Å². The molecular formula is C8H14O. The Bertz CT molecular complexity index is 132. The standard InChI is InChI=1S/C8H14O/c1-5-6-7(2)8(3)9-4/h5-6H,1-4H3. The molecule has 0 fully saturated rings. The fraction of sp³-hybridized carbons (Fsp3) is 0.500. The lowest BCUT2D eigenvalue weighted by Crippen LogP contribution is -1.82. The summed E-state index contributed by atoms with van der Waals surface area (Å²) in [5.74, 6) is 0.980. The Morgan fingerprint density at radius 2 is 1.89 bits per heavy atom. The highest BCUT2D eigenvalue weighted by atomic mass is 16.5. The minimum atomic E-state index is 0.980. The maximum atomic E-state index is 4.99. The normalized spacial score (nSPS) is 13.8. The van der Waals surface area contributed by atoms with E-state index in [4.69, 9.17) is 4.74 Å². The van der Waals surface area contributed by atoms with Crippen LogP contribution in [0.15, 0.2) is 23.5 Å². The molecular weight excluding hydrogens is 112 g/mol. The van der Waals surface area contributed by atoms with Crippen LogP contribution in [0.5, 0.6) is 0 Å². The Kier molecular flexibility index (Phi) is 3.85. The van der Waals surface area contributed by atoms with Gasteiger partial charge in [-0.05, 0) is 26.3 Å². The van der Waals surface area contributed by atoms with E-state index in [9.17, 15) is 0 Å². The van der Waals surface area contributed by atoms with Gasteiger partial charge in [0.1, 0.15) is 0 Å². The molecule has 0 saturated heterocycles. The summed E-state index contributed by atoms with van der Waals surface area (Å²) >= 11 is 0. The first kappa shape index (κ1) is 8.28. The van der Waals surface area contributed by atoms with E-state index < -0.39 is 0 Å². The van der Waals surface area contributed by atoms with E-state index in [-0.39, 0.29) is 0 Å². The minimum absolute atomic E-state index is 0.980. The molecule has 0 aromatic heterocycles. The largest absolute Gasteiger partial charge is 0.501 e. The second-order valence-corrected chi connectivity index (χ2v) is 1.94. The van der Waals surface area contributed by atoms with Crippen molar-refractivity contribution in [2.24, 2.45) is 0 Å². The van der Waals surface area contributed by atoms with Crippen LogP contribution in [-0.2, 0) is 4.74 Å². The molecule has 0 atom stereocenters. The highest BCUT2D eigenvalue weighted by molar-refractivity contribution is 5.17. The van der Waals surface area contributed by atoms with Crippen molar-refractivity contribution in [2.75, 3.05) is 7.11 Å². The molecule has 1 nitrogen and oxygen atoms in total. The fourth-order valence-corrected chi connectivity index (χ4v) is 0.528. The Morgan fingerprint density at radius 1 is 1.33 bits per heavy atom. The molecule has 0 spiro atoms. The summed E-state index contributed by atoms with van der Waals surface area (Å²) in [6.07, 6.45) is 4.02. The van der Waals surface area contributed by atoms with Gasteiger partial charge in [-0.1, -0.05) is 12.2 Å². The Morgan fingerprint density at radius 3 is 2.22 bits per heavy atom. The predicted octanol–water partition coefficient (Wildman–Crippen LogP) is 2.50. The van der Waals surface area contributed by atoms with Crippen LogP contribution in [0.2, 0.25) is 0 Å². The van der Waals surface area contributed by atoms with E-state index >= 15 is 0 Å². The zero-order valence-electron chi connectivity index (χ0n) is 6.56. The molecule has 0 radical (unpaired) electrons. The minimum Gasteiger partial charge on any atom is -0.501 e. The summed E-state index contributed by atoms with van der Waals surface area (Å²) in [5, 5.41) is 0.